The van der Waals surface area contributed by atoms with E-state index < -0.39 is 0 Å². The molecule has 0 N–H and O–H groups in total. The summed E-state index contributed by atoms with van der Waals surface area (Å²) in [6, 6.07) is 12.8. The maximum absolute atomic E-state index is 12.3. The predicted molar refractivity (Wildman–Crippen MR) is 144 cm³/mol. The molecule has 0 saturated carbocycles. The van der Waals surface area contributed by atoms with Gasteiger partial charge in [-0.25, -0.2) is 4.98 Å². The highest BCUT2D eigenvalue weighted by Crippen LogP contribution is 2.46. The third-order valence-corrected chi connectivity index (χ3v) is 7.83. The summed E-state index contributed by atoms with van der Waals surface area (Å²) in [5, 5.41) is 0. The van der Waals surface area contributed by atoms with E-state index in [1.165, 1.54) is 35.1 Å². The Labute approximate surface area is 215 Å². The van der Waals surface area contributed by atoms with E-state index in [-0.39, 0.29) is 29.1 Å². The van der Waals surface area contributed by atoms with Crippen LogP contribution in [-0.2, 0) is 34.0 Å². The summed E-state index contributed by atoms with van der Waals surface area (Å²) in [6.45, 7) is 14.3. The lowest BCUT2D eigenvalue weighted by molar-refractivity contribution is -0.143. The van der Waals surface area contributed by atoms with Gasteiger partial charge in [0.05, 0.1) is 18.9 Å². The molecule has 1 aliphatic carbocycles. The van der Waals surface area contributed by atoms with Gasteiger partial charge >= 0.3 is 5.97 Å². The number of aryl methyl sites for hydroxylation is 2. The minimum absolute atomic E-state index is 0.174. The number of fused-ring (bicyclic) bond motifs is 1. The molecule has 1 heterocycles. The monoisotopic (exact) mass is 488 g/mol. The van der Waals surface area contributed by atoms with Gasteiger partial charge in [-0.15, -0.1) is 0 Å². The summed E-state index contributed by atoms with van der Waals surface area (Å²) >= 11 is 0. The zero-order valence-electron chi connectivity index (χ0n) is 22.9. The van der Waals surface area contributed by atoms with Gasteiger partial charge in [-0.2, -0.15) is 0 Å². The summed E-state index contributed by atoms with van der Waals surface area (Å²) < 4.78 is 13.4. The van der Waals surface area contributed by atoms with Gasteiger partial charge in [-0.05, 0) is 77.5 Å². The minimum Gasteiger partial charge on any atom is -0.489 e. The number of carbonyl (C=O) groups is 1. The van der Waals surface area contributed by atoms with Crippen LogP contribution >= 0.6 is 0 Å². The lowest BCUT2D eigenvalue weighted by Gasteiger charge is -2.42. The van der Waals surface area contributed by atoms with Gasteiger partial charge in [-0.1, -0.05) is 52.0 Å². The lowest BCUT2D eigenvalue weighted by atomic mass is 9.62. The molecule has 0 aliphatic heterocycles. The predicted octanol–water partition coefficient (Wildman–Crippen LogP) is 6.74. The number of imidazole rings is 1. The van der Waals surface area contributed by atoms with Crippen LogP contribution in [0.15, 0.2) is 48.8 Å². The van der Waals surface area contributed by atoms with Crippen LogP contribution in [0.2, 0.25) is 0 Å². The van der Waals surface area contributed by atoms with E-state index in [0.717, 1.165) is 17.1 Å². The van der Waals surface area contributed by atoms with Crippen LogP contribution in [0.3, 0.4) is 0 Å². The molecule has 0 unspecified atom stereocenters. The van der Waals surface area contributed by atoms with E-state index in [1.807, 2.05) is 49.0 Å². The largest absolute Gasteiger partial charge is 0.489 e. The smallest absolute Gasteiger partial charge is 0.306 e. The molecule has 3 aromatic rings. The summed E-state index contributed by atoms with van der Waals surface area (Å²) in [5.74, 6) is 1.25. The first-order valence-corrected chi connectivity index (χ1v) is 13.0. The maximum atomic E-state index is 12.3. The van der Waals surface area contributed by atoms with Crippen molar-refractivity contribution >= 4 is 5.97 Å². The summed E-state index contributed by atoms with van der Waals surface area (Å²) in [4.78, 5) is 16.8. The van der Waals surface area contributed by atoms with Crippen molar-refractivity contribution in [2.45, 2.75) is 84.2 Å². The molecular weight excluding hydrogens is 448 g/mol. The number of hydrogen-bond acceptors (Lipinski definition) is 4. The van der Waals surface area contributed by atoms with Crippen molar-refractivity contribution in [3.05, 3.63) is 82.4 Å². The molecule has 5 nitrogen and oxygen atoms in total. The standard InChI is InChI=1S/C31H40N2O3/c1-8-35-28(34)19-25(29-32-15-16-33(29)7)22-9-11-24(12-10-22)36-20-23-18-27-26(17-21(23)2)30(3,4)13-14-31(27,5)6/h9-12,15-18,25H,8,13-14,19-20H2,1-7H3/t25-/m0/s1. The molecule has 0 spiro atoms. The average Bonchev–Trinajstić information content (AvgIpc) is 3.25. The second-order valence-electron chi connectivity index (χ2n) is 11.4. The molecule has 0 bridgehead atoms. The number of benzene rings is 2. The number of rotatable bonds is 8. The molecule has 0 amide bonds. The fraction of sp³-hybridized carbons (Fsp3) is 0.484. The van der Waals surface area contributed by atoms with Crippen molar-refractivity contribution in [3.8, 4) is 5.75 Å². The van der Waals surface area contributed by atoms with Crippen LogP contribution in [0.25, 0.3) is 0 Å². The van der Waals surface area contributed by atoms with Gasteiger partial charge in [0.25, 0.3) is 0 Å². The van der Waals surface area contributed by atoms with Crippen molar-refractivity contribution in [1.29, 1.82) is 0 Å². The number of nitrogens with zero attached hydrogens (tertiary/aromatic N) is 2. The van der Waals surface area contributed by atoms with Crippen LogP contribution in [-0.4, -0.2) is 22.1 Å². The normalized spacial score (nSPS) is 16.8. The molecule has 192 valence electrons. The summed E-state index contributed by atoms with van der Waals surface area (Å²) in [5.41, 5.74) is 6.84. The first-order valence-electron chi connectivity index (χ1n) is 13.0. The first-order chi connectivity index (χ1) is 17.0. The fourth-order valence-electron chi connectivity index (χ4n) is 5.34. The zero-order chi connectivity index (χ0) is 26.1. The van der Waals surface area contributed by atoms with Gasteiger partial charge in [0.2, 0.25) is 0 Å². The topological polar surface area (TPSA) is 53.4 Å². The molecule has 4 rings (SSSR count). The summed E-state index contributed by atoms with van der Waals surface area (Å²) in [6.07, 6.45) is 6.31. The molecule has 36 heavy (non-hydrogen) atoms. The molecule has 1 aromatic heterocycles. The van der Waals surface area contributed by atoms with E-state index >= 15 is 0 Å². The number of carbonyl (C=O) groups excluding carboxylic acids is 1. The Kier molecular flexibility index (Phi) is 7.31. The van der Waals surface area contributed by atoms with Crippen molar-refractivity contribution < 1.29 is 14.3 Å². The highest BCUT2D eigenvalue weighted by molar-refractivity contribution is 5.71. The van der Waals surface area contributed by atoms with Crippen LogP contribution in [0.4, 0.5) is 0 Å². The quantitative estimate of drug-likeness (QED) is 0.329. The molecule has 1 aliphatic rings. The van der Waals surface area contributed by atoms with Gasteiger partial charge in [0, 0.05) is 19.4 Å². The highest BCUT2D eigenvalue weighted by Gasteiger charge is 2.37. The van der Waals surface area contributed by atoms with Crippen LogP contribution in [0, 0.1) is 6.92 Å². The van der Waals surface area contributed by atoms with Gasteiger partial charge in [0.15, 0.2) is 0 Å². The molecule has 1 atom stereocenters. The number of esters is 1. The molecular formula is C31H40N2O3. The highest BCUT2D eigenvalue weighted by atomic mass is 16.5. The van der Waals surface area contributed by atoms with E-state index in [1.54, 1.807) is 6.20 Å². The number of hydrogen-bond donors (Lipinski definition) is 0. The molecule has 5 heteroatoms. The maximum Gasteiger partial charge on any atom is 0.306 e. The SMILES string of the molecule is CCOC(=O)C[C@@H](c1ccc(OCc2cc3c(cc2C)C(C)(C)CCC3(C)C)cc1)c1nccn1C. The molecule has 0 radical (unpaired) electrons. The van der Waals surface area contributed by atoms with Crippen LogP contribution in [0.1, 0.15) is 93.4 Å². The Hall–Kier alpha value is -3.08. The van der Waals surface area contributed by atoms with Crippen molar-refractivity contribution in [3.63, 3.8) is 0 Å². The summed E-state index contributed by atoms with van der Waals surface area (Å²) in [7, 11) is 1.95. The lowest BCUT2D eigenvalue weighted by Crippen LogP contribution is -2.34. The van der Waals surface area contributed by atoms with Crippen molar-refractivity contribution in [2.75, 3.05) is 6.61 Å². The molecule has 2 aromatic carbocycles. The molecule has 0 saturated heterocycles. The Bertz CT molecular complexity index is 1220. The van der Waals surface area contributed by atoms with Crippen molar-refractivity contribution in [1.82, 2.24) is 9.55 Å². The van der Waals surface area contributed by atoms with E-state index in [9.17, 15) is 4.79 Å². The van der Waals surface area contributed by atoms with Crippen LogP contribution < -0.4 is 4.74 Å². The zero-order valence-corrected chi connectivity index (χ0v) is 22.9. The van der Waals surface area contributed by atoms with E-state index in [2.05, 4.69) is 51.7 Å². The van der Waals surface area contributed by atoms with E-state index in [0.29, 0.717) is 13.2 Å². The van der Waals surface area contributed by atoms with Crippen molar-refractivity contribution in [2.24, 2.45) is 7.05 Å². The number of ether oxygens (including phenoxy) is 2. The third kappa shape index (κ3) is 5.35. The second kappa shape index (κ2) is 10.1. The van der Waals surface area contributed by atoms with Gasteiger partial charge in [0.1, 0.15) is 18.2 Å². The van der Waals surface area contributed by atoms with Gasteiger partial charge in [-0.3, -0.25) is 4.79 Å². The average molecular weight is 489 g/mol. The Morgan fingerprint density at radius 1 is 1.06 bits per heavy atom. The molecule has 0 fully saturated rings. The Morgan fingerprint density at radius 3 is 2.28 bits per heavy atom. The van der Waals surface area contributed by atoms with E-state index in [4.69, 9.17) is 9.47 Å². The Morgan fingerprint density at radius 2 is 1.69 bits per heavy atom. The minimum atomic E-state index is -0.222. The van der Waals surface area contributed by atoms with Gasteiger partial charge < -0.3 is 14.0 Å². The fourth-order valence-corrected chi connectivity index (χ4v) is 5.34. The third-order valence-electron chi connectivity index (χ3n) is 7.83. The second-order valence-corrected chi connectivity index (χ2v) is 11.4. The Balaban J connectivity index is 1.53. The van der Waals surface area contributed by atoms with Crippen LogP contribution in [0.5, 0.6) is 5.75 Å². The number of aromatic nitrogens is 2. The first kappa shape index (κ1) is 26.0.